The van der Waals surface area contributed by atoms with Gasteiger partial charge in [0.1, 0.15) is 6.04 Å². The van der Waals surface area contributed by atoms with Gasteiger partial charge in [0.15, 0.2) is 0 Å². The fourth-order valence-electron chi connectivity index (χ4n) is 3.15. The number of sulfonamides is 1. The van der Waals surface area contributed by atoms with E-state index in [1.807, 2.05) is 54.6 Å². The lowest BCUT2D eigenvalue weighted by Crippen LogP contribution is -2.47. The van der Waals surface area contributed by atoms with Crippen molar-refractivity contribution in [3.63, 3.8) is 0 Å². The maximum atomic E-state index is 13.2. The lowest BCUT2D eigenvalue weighted by molar-refractivity contribution is -0.124. The Labute approximate surface area is 174 Å². The summed E-state index contributed by atoms with van der Waals surface area (Å²) in [5.74, 6) is -0.230. The molecule has 1 fully saturated rings. The van der Waals surface area contributed by atoms with Crippen LogP contribution in [0.3, 0.4) is 0 Å². The van der Waals surface area contributed by atoms with Crippen molar-refractivity contribution in [3.05, 3.63) is 75.6 Å². The van der Waals surface area contributed by atoms with Gasteiger partial charge in [0.2, 0.25) is 15.9 Å². The lowest BCUT2D eigenvalue weighted by Gasteiger charge is -2.28. The van der Waals surface area contributed by atoms with Gasteiger partial charge in [0.25, 0.3) is 0 Å². The molecule has 1 amide bonds. The number of hydrogen-bond acceptors (Lipinski definition) is 3. The van der Waals surface area contributed by atoms with E-state index in [4.69, 9.17) is 0 Å². The molecule has 28 heavy (non-hydrogen) atoms. The minimum atomic E-state index is -3.80. The van der Waals surface area contributed by atoms with Crippen molar-refractivity contribution in [2.75, 3.05) is 6.54 Å². The fourth-order valence-corrected chi connectivity index (χ4v) is 4.79. The Morgan fingerprint density at radius 3 is 2.50 bits per heavy atom. The van der Waals surface area contributed by atoms with Gasteiger partial charge in [-0.25, -0.2) is 8.42 Å². The summed E-state index contributed by atoms with van der Waals surface area (Å²) in [7, 11) is -3.80. The fraction of sp³-hybridized carbons (Fsp3) is 0.286. The molecular formula is C21H23BrN2O3S. The molecule has 0 spiro atoms. The average Bonchev–Trinajstić information content (AvgIpc) is 2.91. The van der Waals surface area contributed by atoms with E-state index in [2.05, 4.69) is 21.2 Å². The Balaban J connectivity index is 1.92. The normalized spacial score (nSPS) is 18.2. The van der Waals surface area contributed by atoms with E-state index in [1.165, 1.54) is 9.71 Å². The zero-order valence-corrected chi connectivity index (χ0v) is 17.8. The summed E-state index contributed by atoms with van der Waals surface area (Å²) in [6.07, 6.45) is 3.74. The van der Waals surface area contributed by atoms with E-state index < -0.39 is 16.1 Å². The summed E-state index contributed by atoms with van der Waals surface area (Å²) in [5, 5.41) is 4.03. The van der Waals surface area contributed by atoms with Gasteiger partial charge in [-0.3, -0.25) is 4.79 Å². The summed E-state index contributed by atoms with van der Waals surface area (Å²) in [6.45, 7) is 0.730. The van der Waals surface area contributed by atoms with Gasteiger partial charge in [-0.15, -0.1) is 0 Å². The molecule has 2 aromatic carbocycles. The maximum Gasteiger partial charge on any atom is 0.238 e. The monoisotopic (exact) mass is 462 g/mol. The van der Waals surface area contributed by atoms with Crippen molar-refractivity contribution >= 4 is 37.9 Å². The Morgan fingerprint density at radius 1 is 1.07 bits per heavy atom. The number of nitrogens with zero attached hydrogens (tertiary/aromatic N) is 1. The first kappa shape index (κ1) is 20.8. The molecule has 1 N–H and O–H groups in total. The minimum Gasteiger partial charge on any atom is -0.355 e. The van der Waals surface area contributed by atoms with Crippen molar-refractivity contribution < 1.29 is 13.2 Å². The second kappa shape index (κ2) is 9.49. The Hall–Kier alpha value is -1.96. The first-order valence-electron chi connectivity index (χ1n) is 9.23. The number of carbonyl (C=O) groups excluding carboxylic acids is 1. The lowest BCUT2D eigenvalue weighted by atomic mass is 10.1. The molecule has 1 aliphatic rings. The third kappa shape index (κ3) is 5.53. The highest BCUT2D eigenvalue weighted by atomic mass is 79.9. The number of benzene rings is 2. The Kier molecular flexibility index (Phi) is 7.04. The van der Waals surface area contributed by atoms with Crippen LogP contribution in [0.15, 0.2) is 64.5 Å². The van der Waals surface area contributed by atoms with E-state index >= 15 is 0 Å². The molecule has 2 aromatic rings. The number of halogens is 1. The average molecular weight is 463 g/mol. The van der Waals surface area contributed by atoms with Crippen LogP contribution < -0.4 is 5.32 Å². The van der Waals surface area contributed by atoms with E-state index in [-0.39, 0.29) is 12.5 Å². The number of carbonyl (C=O) groups is 1. The maximum absolute atomic E-state index is 13.2. The molecule has 0 aromatic heterocycles. The van der Waals surface area contributed by atoms with Crippen LogP contribution in [0, 0.1) is 0 Å². The van der Waals surface area contributed by atoms with Crippen LogP contribution in [0.2, 0.25) is 0 Å². The van der Waals surface area contributed by atoms with Crippen LogP contribution in [0.25, 0.3) is 6.08 Å². The highest BCUT2D eigenvalue weighted by Gasteiger charge is 2.34. The summed E-state index contributed by atoms with van der Waals surface area (Å²) in [5.41, 5.74) is 1.62. The van der Waals surface area contributed by atoms with E-state index in [0.29, 0.717) is 13.0 Å². The van der Waals surface area contributed by atoms with E-state index in [9.17, 15) is 13.2 Å². The van der Waals surface area contributed by atoms with Crippen molar-refractivity contribution in [1.29, 1.82) is 0 Å². The van der Waals surface area contributed by atoms with Gasteiger partial charge in [0, 0.05) is 23.0 Å². The molecule has 0 unspecified atom stereocenters. The first-order chi connectivity index (χ1) is 13.5. The second-order valence-corrected chi connectivity index (χ2v) is 9.42. The number of hydrogen-bond donors (Lipinski definition) is 1. The smallest absolute Gasteiger partial charge is 0.238 e. The Bertz CT molecular complexity index is 928. The quantitative estimate of drug-likeness (QED) is 0.707. The van der Waals surface area contributed by atoms with Gasteiger partial charge >= 0.3 is 0 Å². The largest absolute Gasteiger partial charge is 0.355 e. The third-order valence-corrected chi connectivity index (χ3v) is 6.71. The Morgan fingerprint density at radius 2 is 1.79 bits per heavy atom. The highest BCUT2D eigenvalue weighted by Crippen LogP contribution is 2.22. The zero-order chi connectivity index (χ0) is 20.0. The van der Waals surface area contributed by atoms with Crippen molar-refractivity contribution in [1.82, 2.24) is 9.62 Å². The highest BCUT2D eigenvalue weighted by molar-refractivity contribution is 9.10. The molecular weight excluding hydrogens is 440 g/mol. The topological polar surface area (TPSA) is 66.5 Å². The molecule has 148 valence electrons. The van der Waals surface area contributed by atoms with Crippen LogP contribution >= 0.6 is 15.9 Å². The molecule has 1 heterocycles. The van der Waals surface area contributed by atoms with Gasteiger partial charge in [-0.1, -0.05) is 58.4 Å². The molecule has 0 bridgehead atoms. The standard InChI is InChI=1S/C21H23BrN2O3S/c22-19-11-9-18(10-12-19)16-24(20-8-4-5-14-23-21(20)25)28(26,27)15-13-17-6-2-1-3-7-17/h1-3,6-7,9-13,15,20H,4-5,8,14,16H2,(H,23,25)/b15-13+/t20-/m1/s1. The van der Waals surface area contributed by atoms with Crippen molar-refractivity contribution in [2.45, 2.75) is 31.8 Å². The number of rotatable bonds is 6. The van der Waals surface area contributed by atoms with E-state index in [1.54, 1.807) is 6.08 Å². The first-order valence-corrected chi connectivity index (χ1v) is 11.5. The zero-order valence-electron chi connectivity index (χ0n) is 15.4. The van der Waals surface area contributed by atoms with Gasteiger partial charge in [-0.2, -0.15) is 4.31 Å². The van der Waals surface area contributed by atoms with Crippen molar-refractivity contribution in [3.8, 4) is 0 Å². The summed E-state index contributed by atoms with van der Waals surface area (Å²) in [6, 6.07) is 16.0. The van der Waals surface area contributed by atoms with Crippen LogP contribution in [-0.4, -0.2) is 31.2 Å². The molecule has 0 radical (unpaired) electrons. The van der Waals surface area contributed by atoms with E-state index in [0.717, 1.165) is 28.4 Å². The van der Waals surface area contributed by atoms with Crippen LogP contribution in [-0.2, 0) is 21.4 Å². The van der Waals surface area contributed by atoms with Crippen LogP contribution in [0.4, 0.5) is 0 Å². The van der Waals surface area contributed by atoms with Gasteiger partial charge in [-0.05, 0) is 48.6 Å². The summed E-state index contributed by atoms with van der Waals surface area (Å²) < 4.78 is 28.6. The predicted molar refractivity (Wildman–Crippen MR) is 115 cm³/mol. The summed E-state index contributed by atoms with van der Waals surface area (Å²) in [4.78, 5) is 12.6. The third-order valence-electron chi connectivity index (χ3n) is 4.66. The number of amides is 1. The molecule has 1 atom stereocenters. The minimum absolute atomic E-state index is 0.146. The molecule has 1 aliphatic heterocycles. The molecule has 3 rings (SSSR count). The molecule has 0 saturated carbocycles. The van der Waals surface area contributed by atoms with Gasteiger partial charge < -0.3 is 5.32 Å². The van der Waals surface area contributed by atoms with Gasteiger partial charge in [0.05, 0.1) is 0 Å². The number of nitrogens with one attached hydrogen (secondary N) is 1. The summed E-state index contributed by atoms with van der Waals surface area (Å²) >= 11 is 3.39. The SMILES string of the molecule is O=C1NCCCC[C@H]1N(Cc1ccc(Br)cc1)S(=O)(=O)/C=C/c1ccccc1. The predicted octanol–water partition coefficient (Wildman–Crippen LogP) is 3.92. The molecule has 5 nitrogen and oxygen atoms in total. The van der Waals surface area contributed by atoms with Crippen LogP contribution in [0.1, 0.15) is 30.4 Å². The molecule has 1 saturated heterocycles. The van der Waals surface area contributed by atoms with Crippen molar-refractivity contribution in [2.24, 2.45) is 0 Å². The second-order valence-electron chi connectivity index (χ2n) is 6.73. The molecule has 7 heteroatoms. The molecule has 0 aliphatic carbocycles. The van der Waals surface area contributed by atoms with Crippen LogP contribution in [0.5, 0.6) is 0 Å².